The number of hydrogen-bond acceptors (Lipinski definition) is 5. The molecule has 3 rings (SSSR count). The van der Waals surface area contributed by atoms with Crippen molar-refractivity contribution in [3.8, 4) is 23.2 Å². The quantitative estimate of drug-likeness (QED) is 0.405. The van der Waals surface area contributed by atoms with Crippen molar-refractivity contribution in [2.45, 2.75) is 33.6 Å². The molecular weight excluding hydrogens is 456 g/mol. The average Bonchev–Trinajstić information content (AvgIpc) is 3.15. The van der Waals surface area contributed by atoms with Gasteiger partial charge in [-0.25, -0.2) is 4.79 Å². The predicted molar refractivity (Wildman–Crippen MR) is 130 cm³/mol. The smallest absolute Gasteiger partial charge is 0.411 e. The van der Waals surface area contributed by atoms with Crippen LogP contribution in [-0.4, -0.2) is 28.9 Å². The van der Waals surface area contributed by atoms with Crippen LogP contribution in [0.1, 0.15) is 37.1 Å². The Bertz CT molecular complexity index is 1240. The maximum Gasteiger partial charge on any atom is 0.411 e. The van der Waals surface area contributed by atoms with Crippen LogP contribution in [-0.2, 0) is 16.0 Å². The number of hydrogen-bond donors (Lipinski definition) is 2. The number of ether oxygens (including phenoxy) is 1. The number of carbonyl (C=O) groups is 2. The van der Waals surface area contributed by atoms with Gasteiger partial charge in [0.1, 0.15) is 11.4 Å². The highest BCUT2D eigenvalue weighted by Gasteiger charge is 2.25. The fourth-order valence-corrected chi connectivity index (χ4v) is 3.18. The second kappa shape index (κ2) is 10.9. The third kappa shape index (κ3) is 6.40. The molecular formula is C26H25ClN2O5. The van der Waals surface area contributed by atoms with Crippen molar-refractivity contribution in [2.24, 2.45) is 5.41 Å². The summed E-state index contributed by atoms with van der Waals surface area (Å²) in [7, 11) is 0. The molecule has 0 saturated carbocycles. The highest BCUT2D eigenvalue weighted by atomic mass is 35.5. The molecule has 7 nitrogen and oxygen atoms in total. The second-order valence-corrected chi connectivity index (χ2v) is 8.73. The highest BCUT2D eigenvalue weighted by molar-refractivity contribution is 6.31. The van der Waals surface area contributed by atoms with Crippen molar-refractivity contribution in [3.05, 3.63) is 70.4 Å². The number of amides is 1. The van der Waals surface area contributed by atoms with E-state index in [9.17, 15) is 14.7 Å². The SMILES string of the molecule is Cc1noc(-c2ccc(C#CCC(C)(C)C(=O)O)cc2)c1NC(=O)OCCc1ccccc1Cl. The molecule has 1 amide bonds. The Labute approximate surface area is 203 Å². The normalized spacial score (nSPS) is 10.8. The zero-order valence-corrected chi connectivity index (χ0v) is 19.9. The monoisotopic (exact) mass is 480 g/mol. The maximum absolute atomic E-state index is 12.3. The first kappa shape index (κ1) is 24.9. The molecule has 0 bridgehead atoms. The summed E-state index contributed by atoms with van der Waals surface area (Å²) in [5, 5.41) is 16.5. The number of aromatic nitrogens is 1. The standard InChI is InChI=1S/C26H25ClN2O5/c1-17-22(28-25(32)33-16-14-19-8-4-5-9-21(19)27)23(34-29-17)20-12-10-18(11-13-20)7-6-15-26(2,3)24(30)31/h4-5,8-13H,14-16H2,1-3H3,(H,28,32)(H,30,31). The number of halogens is 1. The van der Waals surface area contributed by atoms with E-state index in [1.165, 1.54) is 0 Å². The van der Waals surface area contributed by atoms with Crippen molar-refractivity contribution >= 4 is 29.4 Å². The summed E-state index contributed by atoms with van der Waals surface area (Å²) < 4.78 is 10.7. The fraction of sp³-hybridized carbons (Fsp3) is 0.269. The van der Waals surface area contributed by atoms with Gasteiger partial charge in [0.2, 0.25) is 0 Å². The van der Waals surface area contributed by atoms with Gasteiger partial charge in [-0.15, -0.1) is 0 Å². The third-order valence-electron chi connectivity index (χ3n) is 5.14. The predicted octanol–water partition coefficient (Wildman–Crippen LogP) is 5.95. The van der Waals surface area contributed by atoms with E-state index in [4.69, 9.17) is 20.9 Å². The summed E-state index contributed by atoms with van der Waals surface area (Å²) in [5.74, 6) is 5.39. The number of aryl methyl sites for hydroxylation is 1. The molecule has 1 heterocycles. The van der Waals surface area contributed by atoms with Crippen molar-refractivity contribution in [1.29, 1.82) is 0 Å². The average molecular weight is 481 g/mol. The fourth-order valence-electron chi connectivity index (χ4n) is 2.95. The number of nitrogens with one attached hydrogen (secondary N) is 1. The summed E-state index contributed by atoms with van der Waals surface area (Å²) >= 11 is 6.13. The van der Waals surface area contributed by atoms with E-state index in [1.807, 2.05) is 18.2 Å². The van der Waals surface area contributed by atoms with Crippen LogP contribution in [0.3, 0.4) is 0 Å². The molecule has 0 unspecified atom stereocenters. The molecule has 0 atom stereocenters. The molecule has 8 heteroatoms. The maximum atomic E-state index is 12.3. The summed E-state index contributed by atoms with van der Waals surface area (Å²) in [5.41, 5.74) is 2.35. The van der Waals surface area contributed by atoms with Crippen molar-refractivity contribution < 1.29 is 24.0 Å². The zero-order valence-electron chi connectivity index (χ0n) is 19.1. The van der Waals surface area contributed by atoms with Gasteiger partial charge in [0.05, 0.1) is 12.0 Å². The van der Waals surface area contributed by atoms with Crippen molar-refractivity contribution in [2.75, 3.05) is 11.9 Å². The topological polar surface area (TPSA) is 102 Å². The summed E-state index contributed by atoms with van der Waals surface area (Å²) in [6.45, 7) is 5.16. The molecule has 3 aromatic rings. The van der Waals surface area contributed by atoms with Crippen LogP contribution in [0.25, 0.3) is 11.3 Å². The van der Waals surface area contributed by atoms with Gasteiger partial charge < -0.3 is 14.4 Å². The minimum Gasteiger partial charge on any atom is -0.481 e. The van der Waals surface area contributed by atoms with E-state index in [2.05, 4.69) is 22.3 Å². The van der Waals surface area contributed by atoms with Gasteiger partial charge in [-0.3, -0.25) is 10.1 Å². The summed E-state index contributed by atoms with van der Waals surface area (Å²) in [6.07, 6.45) is 0.107. The number of rotatable bonds is 7. The van der Waals surface area contributed by atoms with E-state index < -0.39 is 17.5 Å². The summed E-state index contributed by atoms with van der Waals surface area (Å²) in [4.78, 5) is 23.5. The molecule has 2 N–H and O–H groups in total. The third-order valence-corrected chi connectivity index (χ3v) is 5.51. The number of anilines is 1. The number of benzene rings is 2. The molecule has 0 aliphatic heterocycles. The molecule has 0 spiro atoms. The Balaban J connectivity index is 1.63. The molecule has 34 heavy (non-hydrogen) atoms. The molecule has 1 aromatic heterocycles. The van der Waals surface area contributed by atoms with Gasteiger partial charge in [0.25, 0.3) is 0 Å². The van der Waals surface area contributed by atoms with Crippen LogP contribution in [0.5, 0.6) is 0 Å². The molecule has 0 radical (unpaired) electrons. The van der Waals surface area contributed by atoms with Crippen molar-refractivity contribution in [3.63, 3.8) is 0 Å². The first-order valence-corrected chi connectivity index (χ1v) is 11.0. The van der Waals surface area contributed by atoms with Crippen LogP contribution in [0.15, 0.2) is 53.1 Å². The Hall–Kier alpha value is -3.76. The second-order valence-electron chi connectivity index (χ2n) is 8.32. The van der Waals surface area contributed by atoms with Crippen molar-refractivity contribution in [1.82, 2.24) is 5.16 Å². The molecule has 2 aromatic carbocycles. The molecule has 176 valence electrons. The van der Waals surface area contributed by atoms with E-state index in [1.54, 1.807) is 51.1 Å². The Kier molecular flexibility index (Phi) is 7.98. The number of carbonyl (C=O) groups excluding carboxylic acids is 1. The van der Waals surface area contributed by atoms with E-state index in [0.717, 1.165) is 11.1 Å². The van der Waals surface area contributed by atoms with Crippen LogP contribution < -0.4 is 5.32 Å². The largest absolute Gasteiger partial charge is 0.481 e. The lowest BCUT2D eigenvalue weighted by molar-refractivity contribution is -0.146. The molecule has 0 aliphatic carbocycles. The van der Waals surface area contributed by atoms with Gasteiger partial charge in [-0.1, -0.05) is 46.8 Å². The summed E-state index contributed by atoms with van der Waals surface area (Å²) in [6, 6.07) is 14.6. The first-order chi connectivity index (χ1) is 16.2. The van der Waals surface area contributed by atoms with E-state index in [0.29, 0.717) is 34.1 Å². The lowest BCUT2D eigenvalue weighted by atomic mass is 9.90. The lowest BCUT2D eigenvalue weighted by Crippen LogP contribution is -2.22. The number of aliphatic carboxylic acids is 1. The van der Waals surface area contributed by atoms with Crippen LogP contribution >= 0.6 is 11.6 Å². The van der Waals surface area contributed by atoms with Gasteiger partial charge in [0.15, 0.2) is 5.76 Å². The Morgan fingerprint density at radius 1 is 1.18 bits per heavy atom. The van der Waals surface area contributed by atoms with Crippen LogP contribution in [0.4, 0.5) is 10.5 Å². The lowest BCUT2D eigenvalue weighted by Gasteiger charge is -2.14. The minimum absolute atomic E-state index is 0.168. The van der Waals surface area contributed by atoms with E-state index in [-0.39, 0.29) is 13.0 Å². The number of nitrogens with zero attached hydrogens (tertiary/aromatic N) is 1. The van der Waals surface area contributed by atoms with Gasteiger partial charge >= 0.3 is 12.1 Å². The number of carboxylic acids is 1. The van der Waals surface area contributed by atoms with E-state index >= 15 is 0 Å². The Morgan fingerprint density at radius 2 is 1.88 bits per heavy atom. The Morgan fingerprint density at radius 3 is 2.56 bits per heavy atom. The molecule has 0 fully saturated rings. The minimum atomic E-state index is -0.910. The molecule has 0 aliphatic rings. The zero-order chi connectivity index (χ0) is 24.7. The number of carboxylic acid groups (broad SMARTS) is 1. The molecule has 0 saturated heterocycles. The van der Waals surface area contributed by atoms with Crippen LogP contribution in [0.2, 0.25) is 5.02 Å². The highest BCUT2D eigenvalue weighted by Crippen LogP contribution is 2.31. The van der Waals surface area contributed by atoms with Crippen LogP contribution in [0, 0.1) is 24.2 Å². The van der Waals surface area contributed by atoms with Gasteiger partial charge in [-0.2, -0.15) is 0 Å². The van der Waals surface area contributed by atoms with Gasteiger partial charge in [0, 0.05) is 29.0 Å². The first-order valence-electron chi connectivity index (χ1n) is 10.6. The van der Waals surface area contributed by atoms with Gasteiger partial charge in [-0.05, 0) is 56.7 Å².